The molecule has 1 saturated carbocycles. The molecule has 2 amide bonds. The number of benzene rings is 1. The standard InChI is InChI=1S/C16H20ClN3O2.ClH/c17-12-3-5-13(6-4-12)20-8-7-14(16(20)22)19-15(21)10-18-9-11-1-2-11;/h3-6,11,14,18H,1-2,7-10H2,(H,19,21);1H. The molecule has 1 atom stereocenters. The van der Waals surface area contributed by atoms with Crippen LogP contribution in [0.5, 0.6) is 0 Å². The molecule has 0 radical (unpaired) electrons. The summed E-state index contributed by atoms with van der Waals surface area (Å²) in [6.07, 6.45) is 3.15. The molecule has 0 spiro atoms. The van der Waals surface area contributed by atoms with E-state index in [4.69, 9.17) is 11.6 Å². The lowest BCUT2D eigenvalue weighted by Gasteiger charge is -2.17. The van der Waals surface area contributed by atoms with Crippen molar-refractivity contribution in [2.24, 2.45) is 5.92 Å². The Kier molecular flexibility index (Phi) is 6.27. The highest BCUT2D eigenvalue weighted by atomic mass is 35.5. The van der Waals surface area contributed by atoms with Gasteiger partial charge in [-0.2, -0.15) is 0 Å². The molecule has 2 aliphatic rings. The molecule has 126 valence electrons. The van der Waals surface area contributed by atoms with Gasteiger partial charge in [-0.05, 0) is 56.0 Å². The number of hydrogen-bond donors (Lipinski definition) is 2. The van der Waals surface area contributed by atoms with E-state index in [1.807, 2.05) is 12.1 Å². The van der Waals surface area contributed by atoms with E-state index < -0.39 is 6.04 Å². The molecule has 1 unspecified atom stereocenters. The fourth-order valence-corrected chi connectivity index (χ4v) is 2.77. The number of carbonyl (C=O) groups is 2. The van der Waals surface area contributed by atoms with E-state index in [2.05, 4.69) is 10.6 Å². The van der Waals surface area contributed by atoms with Crippen LogP contribution in [-0.4, -0.2) is 37.5 Å². The molecule has 1 saturated heterocycles. The Balaban J connectivity index is 0.00000192. The van der Waals surface area contributed by atoms with Crippen LogP contribution < -0.4 is 15.5 Å². The van der Waals surface area contributed by atoms with Crippen LogP contribution in [0.25, 0.3) is 0 Å². The summed E-state index contributed by atoms with van der Waals surface area (Å²) in [5.74, 6) is 0.566. The van der Waals surface area contributed by atoms with Gasteiger partial charge in [-0.15, -0.1) is 12.4 Å². The predicted molar refractivity (Wildman–Crippen MR) is 93.2 cm³/mol. The summed E-state index contributed by atoms with van der Waals surface area (Å²) in [6.45, 7) is 1.78. The van der Waals surface area contributed by atoms with Crippen LogP contribution in [-0.2, 0) is 9.59 Å². The summed E-state index contributed by atoms with van der Waals surface area (Å²) < 4.78 is 0. The van der Waals surface area contributed by atoms with Gasteiger partial charge >= 0.3 is 0 Å². The summed E-state index contributed by atoms with van der Waals surface area (Å²) >= 11 is 5.86. The van der Waals surface area contributed by atoms with Crippen LogP contribution in [0.4, 0.5) is 5.69 Å². The first kappa shape index (κ1) is 18.0. The highest BCUT2D eigenvalue weighted by Crippen LogP contribution is 2.27. The molecule has 0 aromatic heterocycles. The van der Waals surface area contributed by atoms with Gasteiger partial charge in [0.05, 0.1) is 6.54 Å². The first-order valence-electron chi connectivity index (χ1n) is 7.70. The summed E-state index contributed by atoms with van der Waals surface area (Å²) in [5, 5.41) is 6.59. The number of halogens is 2. The van der Waals surface area contributed by atoms with Gasteiger partial charge in [0.15, 0.2) is 0 Å². The molecule has 0 bridgehead atoms. The van der Waals surface area contributed by atoms with E-state index in [0.29, 0.717) is 18.0 Å². The molecule has 1 aromatic rings. The molecule has 2 N–H and O–H groups in total. The first-order chi connectivity index (χ1) is 10.6. The van der Waals surface area contributed by atoms with Crippen molar-refractivity contribution in [2.75, 3.05) is 24.5 Å². The lowest BCUT2D eigenvalue weighted by Crippen LogP contribution is -2.45. The Morgan fingerprint density at radius 3 is 2.57 bits per heavy atom. The van der Waals surface area contributed by atoms with Gasteiger partial charge in [0.1, 0.15) is 6.04 Å². The fourth-order valence-electron chi connectivity index (χ4n) is 2.65. The van der Waals surface area contributed by atoms with Crippen molar-refractivity contribution in [2.45, 2.75) is 25.3 Å². The van der Waals surface area contributed by atoms with Gasteiger partial charge < -0.3 is 15.5 Å². The summed E-state index contributed by atoms with van der Waals surface area (Å²) in [5.41, 5.74) is 0.818. The van der Waals surface area contributed by atoms with Crippen LogP contribution >= 0.6 is 24.0 Å². The quantitative estimate of drug-likeness (QED) is 0.818. The lowest BCUT2D eigenvalue weighted by molar-refractivity contribution is -0.125. The molecule has 1 heterocycles. The highest BCUT2D eigenvalue weighted by Gasteiger charge is 2.33. The molecule has 1 aliphatic carbocycles. The number of nitrogens with zero attached hydrogens (tertiary/aromatic N) is 1. The zero-order valence-electron chi connectivity index (χ0n) is 12.8. The zero-order valence-corrected chi connectivity index (χ0v) is 14.3. The molecule has 7 heteroatoms. The van der Waals surface area contributed by atoms with Crippen LogP contribution in [0.15, 0.2) is 24.3 Å². The maximum absolute atomic E-state index is 12.4. The number of rotatable bonds is 6. The molecular weight excluding hydrogens is 337 g/mol. The van der Waals surface area contributed by atoms with Crippen molar-refractivity contribution in [3.63, 3.8) is 0 Å². The normalized spacial score (nSPS) is 20.3. The van der Waals surface area contributed by atoms with Crippen molar-refractivity contribution in [3.8, 4) is 0 Å². The Morgan fingerprint density at radius 2 is 1.91 bits per heavy atom. The van der Waals surface area contributed by atoms with Crippen molar-refractivity contribution in [1.29, 1.82) is 0 Å². The zero-order chi connectivity index (χ0) is 15.5. The third kappa shape index (κ3) is 4.83. The Hall–Kier alpha value is -1.30. The largest absolute Gasteiger partial charge is 0.343 e. The average molecular weight is 358 g/mol. The number of carbonyl (C=O) groups excluding carboxylic acids is 2. The Labute approximate surface area is 147 Å². The van der Waals surface area contributed by atoms with Gasteiger partial charge in [-0.1, -0.05) is 11.6 Å². The first-order valence-corrected chi connectivity index (χ1v) is 8.08. The van der Waals surface area contributed by atoms with Crippen LogP contribution in [0, 0.1) is 5.92 Å². The molecule has 2 fully saturated rings. The molecule has 5 nitrogen and oxygen atoms in total. The van der Waals surface area contributed by atoms with Gasteiger partial charge in [0.25, 0.3) is 0 Å². The van der Waals surface area contributed by atoms with E-state index in [1.54, 1.807) is 17.0 Å². The number of hydrogen-bond acceptors (Lipinski definition) is 3. The second-order valence-electron chi connectivity index (χ2n) is 5.95. The Bertz CT molecular complexity index is 561. The minimum atomic E-state index is -0.425. The number of anilines is 1. The highest BCUT2D eigenvalue weighted by molar-refractivity contribution is 6.30. The molecule has 23 heavy (non-hydrogen) atoms. The predicted octanol–water partition coefficient (Wildman–Crippen LogP) is 1.98. The van der Waals surface area contributed by atoms with Crippen molar-refractivity contribution in [1.82, 2.24) is 10.6 Å². The summed E-state index contributed by atoms with van der Waals surface area (Å²) in [6, 6.07) is 6.74. The molecule has 1 aliphatic heterocycles. The number of nitrogens with one attached hydrogen (secondary N) is 2. The van der Waals surface area contributed by atoms with E-state index in [9.17, 15) is 9.59 Å². The number of amides is 2. The van der Waals surface area contributed by atoms with Gasteiger partial charge in [0, 0.05) is 17.3 Å². The van der Waals surface area contributed by atoms with Gasteiger partial charge in [0.2, 0.25) is 11.8 Å². The molecule has 3 rings (SSSR count). The minimum absolute atomic E-state index is 0. The van der Waals surface area contributed by atoms with E-state index >= 15 is 0 Å². The maximum Gasteiger partial charge on any atom is 0.249 e. The third-order valence-electron chi connectivity index (χ3n) is 4.09. The average Bonchev–Trinajstić information content (AvgIpc) is 3.25. The van der Waals surface area contributed by atoms with E-state index in [0.717, 1.165) is 18.2 Å². The second kappa shape index (κ2) is 7.99. The van der Waals surface area contributed by atoms with Crippen LogP contribution in [0.1, 0.15) is 19.3 Å². The third-order valence-corrected chi connectivity index (χ3v) is 4.35. The Morgan fingerprint density at radius 1 is 1.22 bits per heavy atom. The van der Waals surface area contributed by atoms with E-state index in [1.165, 1.54) is 12.8 Å². The van der Waals surface area contributed by atoms with E-state index in [-0.39, 0.29) is 30.8 Å². The SMILES string of the molecule is Cl.O=C(CNCC1CC1)NC1CCN(c2ccc(Cl)cc2)C1=O. The minimum Gasteiger partial charge on any atom is -0.343 e. The topological polar surface area (TPSA) is 61.4 Å². The van der Waals surface area contributed by atoms with Crippen molar-refractivity contribution < 1.29 is 9.59 Å². The second-order valence-corrected chi connectivity index (χ2v) is 6.39. The van der Waals surface area contributed by atoms with Crippen molar-refractivity contribution >= 4 is 41.5 Å². The molecule has 1 aromatic carbocycles. The lowest BCUT2D eigenvalue weighted by atomic mass is 10.2. The summed E-state index contributed by atoms with van der Waals surface area (Å²) in [4.78, 5) is 25.9. The van der Waals surface area contributed by atoms with Crippen LogP contribution in [0.2, 0.25) is 5.02 Å². The van der Waals surface area contributed by atoms with Gasteiger partial charge in [-0.25, -0.2) is 0 Å². The summed E-state index contributed by atoms with van der Waals surface area (Å²) in [7, 11) is 0. The van der Waals surface area contributed by atoms with Crippen molar-refractivity contribution in [3.05, 3.63) is 29.3 Å². The van der Waals surface area contributed by atoms with Crippen LogP contribution in [0.3, 0.4) is 0 Å². The fraction of sp³-hybridized carbons (Fsp3) is 0.500. The maximum atomic E-state index is 12.4. The monoisotopic (exact) mass is 357 g/mol. The smallest absolute Gasteiger partial charge is 0.249 e. The van der Waals surface area contributed by atoms with Gasteiger partial charge in [-0.3, -0.25) is 9.59 Å². The molecular formula is C16H21Cl2N3O2.